The summed E-state index contributed by atoms with van der Waals surface area (Å²) in [5.74, 6) is 0.814. The molecule has 0 radical (unpaired) electrons. The average Bonchev–Trinajstić information content (AvgIpc) is 3.30. The highest BCUT2D eigenvalue weighted by atomic mass is 19.4. The number of aromatic amines is 1. The maximum Gasteiger partial charge on any atom is 0.433 e. The van der Waals surface area contributed by atoms with Gasteiger partial charge in [-0.1, -0.05) is 38.7 Å². The molecule has 0 bridgehead atoms. The number of hydrogen-bond acceptors (Lipinski definition) is 3. The zero-order valence-electron chi connectivity index (χ0n) is 23.0. The summed E-state index contributed by atoms with van der Waals surface area (Å²) in [6, 6.07) is 4.44. The van der Waals surface area contributed by atoms with E-state index in [-0.39, 0.29) is 11.3 Å². The Morgan fingerprint density at radius 3 is 2.45 bits per heavy atom. The summed E-state index contributed by atoms with van der Waals surface area (Å²) < 4.78 is 39.4. The monoisotopic (exact) mass is 525 g/mol. The van der Waals surface area contributed by atoms with Gasteiger partial charge < -0.3 is 15.2 Å². The average molecular weight is 526 g/mol. The van der Waals surface area contributed by atoms with Crippen molar-refractivity contribution in [3.05, 3.63) is 108 Å². The lowest BCUT2D eigenvalue weighted by molar-refractivity contribution is -0.141. The van der Waals surface area contributed by atoms with Crippen molar-refractivity contribution in [3.63, 3.8) is 0 Å². The number of H-pyrrole nitrogens is 1. The van der Waals surface area contributed by atoms with Gasteiger partial charge >= 0.3 is 6.18 Å². The molecule has 0 aliphatic heterocycles. The summed E-state index contributed by atoms with van der Waals surface area (Å²) in [7, 11) is 0. The molecule has 2 N–H and O–H groups in total. The molecule has 0 unspecified atom stereocenters. The smallest absolute Gasteiger partial charge is 0.358 e. The molecule has 0 aliphatic carbocycles. The Bertz CT molecular complexity index is 1240. The largest absolute Gasteiger partial charge is 0.433 e. The maximum atomic E-state index is 13.1. The normalized spacial score (nSPS) is 12.2. The number of aromatic nitrogens is 2. The van der Waals surface area contributed by atoms with Crippen molar-refractivity contribution >= 4 is 11.5 Å². The second-order valence-corrected chi connectivity index (χ2v) is 9.10. The van der Waals surface area contributed by atoms with Gasteiger partial charge in [-0.3, -0.25) is 4.98 Å². The minimum absolute atomic E-state index is 0.273. The number of unbranched alkanes of at least 4 members (excludes halogenated alkanes) is 1. The third-order valence-corrected chi connectivity index (χ3v) is 5.95. The second kappa shape index (κ2) is 13.7. The number of aliphatic imine (C=N–C) groups is 1. The number of alkyl halides is 3. The fraction of sp³-hybridized carbons (Fsp3) is 0.333. The van der Waals surface area contributed by atoms with Crippen LogP contribution in [0.1, 0.15) is 63.1 Å². The third kappa shape index (κ3) is 8.10. The highest BCUT2D eigenvalue weighted by Gasteiger charge is 2.32. The molecular weight excluding hydrogens is 487 g/mol. The van der Waals surface area contributed by atoms with E-state index in [1.807, 2.05) is 39.1 Å². The topological polar surface area (TPSA) is 56.3 Å². The molecule has 8 heteroatoms. The van der Waals surface area contributed by atoms with E-state index in [4.69, 9.17) is 4.99 Å². The summed E-state index contributed by atoms with van der Waals surface area (Å²) in [5.41, 5.74) is 4.44. The molecular formula is C30H38F3N5. The van der Waals surface area contributed by atoms with Crippen molar-refractivity contribution in [2.24, 2.45) is 4.99 Å². The number of nitrogens with one attached hydrogen (secondary N) is 2. The van der Waals surface area contributed by atoms with E-state index in [2.05, 4.69) is 53.8 Å². The first-order valence-electron chi connectivity index (χ1n) is 12.6. The minimum atomic E-state index is -4.54. The van der Waals surface area contributed by atoms with Crippen LogP contribution in [0.25, 0.3) is 5.70 Å². The maximum absolute atomic E-state index is 13.1. The first kappa shape index (κ1) is 30.4. The Kier molecular flexibility index (Phi) is 10.9. The highest BCUT2D eigenvalue weighted by molar-refractivity contribution is 5.99. The molecule has 0 aromatic carbocycles. The lowest BCUT2D eigenvalue weighted by Crippen LogP contribution is -2.33. The molecule has 0 fully saturated rings. The Hall–Kier alpha value is -3.81. The van der Waals surface area contributed by atoms with Crippen molar-refractivity contribution < 1.29 is 13.2 Å². The van der Waals surface area contributed by atoms with Crippen LogP contribution in [0.15, 0.2) is 90.0 Å². The molecule has 2 aromatic rings. The Balaban J connectivity index is 2.44. The van der Waals surface area contributed by atoms with Crippen molar-refractivity contribution in [2.75, 3.05) is 13.1 Å². The van der Waals surface area contributed by atoms with Crippen LogP contribution in [0.3, 0.4) is 0 Å². The number of amidine groups is 1. The standard InChI is InChI=1S/C30H38F3N5/c1-9-12-17-38(11-3)29(28-21(6)13-15-35-28)37-23(8)26(20(4)5)19-25(10-2)36-22(7)24-14-16-34-27(18-24)30(31,32)33/h10,13-16,18-19,35-36H,2,7-9,11-12,17H2,1,3-6H3/b25-19+,37-29+. The number of halogens is 3. The van der Waals surface area contributed by atoms with Crippen molar-refractivity contribution in [3.8, 4) is 0 Å². The van der Waals surface area contributed by atoms with Crippen molar-refractivity contribution in [1.29, 1.82) is 0 Å². The SMILES string of the molecule is C=C/C(=C\C(C(=C)/N=C(\c1[nH]ccc1C)N(CC)CCCC)=C(C)C)NC(=C)c1ccnc(C(F)(F)F)c1. The molecule has 5 nitrogen and oxygen atoms in total. The van der Waals surface area contributed by atoms with E-state index in [1.54, 1.807) is 6.08 Å². The molecule has 0 amide bonds. The molecule has 38 heavy (non-hydrogen) atoms. The number of allylic oxidation sites excluding steroid dienone is 3. The Morgan fingerprint density at radius 1 is 1.21 bits per heavy atom. The molecule has 0 saturated heterocycles. The number of hydrogen-bond donors (Lipinski definition) is 2. The third-order valence-electron chi connectivity index (χ3n) is 5.95. The number of aryl methyl sites for hydroxylation is 1. The lowest BCUT2D eigenvalue weighted by Gasteiger charge is -2.25. The Morgan fingerprint density at radius 2 is 1.92 bits per heavy atom. The van der Waals surface area contributed by atoms with Crippen LogP contribution in [-0.2, 0) is 6.18 Å². The first-order chi connectivity index (χ1) is 17.9. The zero-order chi connectivity index (χ0) is 28.5. The van der Waals surface area contributed by atoms with Crippen LogP contribution in [0.4, 0.5) is 13.2 Å². The molecule has 0 spiro atoms. The molecule has 0 saturated carbocycles. The summed E-state index contributed by atoms with van der Waals surface area (Å²) in [4.78, 5) is 13.9. The number of rotatable bonds is 12. The number of nitrogens with zero attached hydrogens (tertiary/aromatic N) is 3. The quantitative estimate of drug-likeness (QED) is 0.169. The fourth-order valence-electron chi connectivity index (χ4n) is 3.76. The van der Waals surface area contributed by atoms with E-state index in [0.29, 0.717) is 11.4 Å². The van der Waals surface area contributed by atoms with Gasteiger partial charge in [-0.05, 0) is 70.0 Å². The highest BCUT2D eigenvalue weighted by Crippen LogP contribution is 2.29. The minimum Gasteiger partial charge on any atom is -0.358 e. The van der Waals surface area contributed by atoms with Crippen LogP contribution in [0, 0.1) is 6.92 Å². The molecule has 204 valence electrons. The van der Waals surface area contributed by atoms with Gasteiger partial charge in [0.25, 0.3) is 0 Å². The van der Waals surface area contributed by atoms with Gasteiger partial charge in [0.15, 0.2) is 5.84 Å². The summed E-state index contributed by atoms with van der Waals surface area (Å²) in [5, 5.41) is 3.07. The van der Waals surface area contributed by atoms with E-state index in [9.17, 15) is 13.2 Å². The van der Waals surface area contributed by atoms with Gasteiger partial charge in [0.1, 0.15) is 5.69 Å². The van der Waals surface area contributed by atoms with Crippen LogP contribution in [0.2, 0.25) is 0 Å². The van der Waals surface area contributed by atoms with Gasteiger partial charge in [-0.2, -0.15) is 13.2 Å². The van der Waals surface area contributed by atoms with Gasteiger partial charge in [0.2, 0.25) is 0 Å². The van der Waals surface area contributed by atoms with Crippen molar-refractivity contribution in [2.45, 2.75) is 53.6 Å². The van der Waals surface area contributed by atoms with Gasteiger partial charge in [0.05, 0.1) is 11.4 Å². The van der Waals surface area contributed by atoms with Crippen molar-refractivity contribution in [1.82, 2.24) is 20.2 Å². The summed E-state index contributed by atoms with van der Waals surface area (Å²) in [6.07, 6.45) is 3.97. The van der Waals surface area contributed by atoms with Crippen LogP contribution in [-0.4, -0.2) is 33.8 Å². The molecule has 0 aliphatic rings. The molecule has 2 aromatic heterocycles. The first-order valence-corrected chi connectivity index (χ1v) is 12.6. The van der Waals surface area contributed by atoms with E-state index < -0.39 is 11.9 Å². The van der Waals surface area contributed by atoms with E-state index >= 15 is 0 Å². The van der Waals surface area contributed by atoms with Gasteiger partial charge in [0, 0.05) is 48.0 Å². The number of pyridine rings is 1. The molecule has 2 heterocycles. The van der Waals surface area contributed by atoms with Crippen LogP contribution < -0.4 is 5.32 Å². The fourth-order valence-corrected chi connectivity index (χ4v) is 3.76. The zero-order valence-corrected chi connectivity index (χ0v) is 23.0. The van der Waals surface area contributed by atoms with Gasteiger partial charge in [-0.15, -0.1) is 0 Å². The van der Waals surface area contributed by atoms with Crippen LogP contribution in [0.5, 0.6) is 0 Å². The summed E-state index contributed by atoms with van der Waals surface area (Å²) >= 11 is 0. The summed E-state index contributed by atoms with van der Waals surface area (Å²) in [6.45, 7) is 23.9. The second-order valence-electron chi connectivity index (χ2n) is 9.10. The van der Waals surface area contributed by atoms with E-state index in [1.165, 1.54) is 6.07 Å². The molecule has 0 atom stereocenters. The predicted molar refractivity (Wildman–Crippen MR) is 151 cm³/mol. The Labute approximate surface area is 224 Å². The molecule has 2 rings (SSSR count). The predicted octanol–water partition coefficient (Wildman–Crippen LogP) is 7.79. The lowest BCUT2D eigenvalue weighted by atomic mass is 10.1. The van der Waals surface area contributed by atoms with Crippen LogP contribution >= 0.6 is 0 Å². The van der Waals surface area contributed by atoms with Gasteiger partial charge in [-0.25, -0.2) is 4.99 Å². The van der Waals surface area contributed by atoms with E-state index in [0.717, 1.165) is 66.4 Å².